The van der Waals surface area contributed by atoms with E-state index in [1.807, 2.05) is 6.08 Å². The summed E-state index contributed by atoms with van der Waals surface area (Å²) in [6.45, 7) is 4.45. The molecule has 0 aromatic heterocycles. The van der Waals surface area contributed by atoms with Gasteiger partial charge in [0.1, 0.15) is 0 Å². The minimum atomic E-state index is -0.142. The standard InChI is InChI=1S/C12H25NO/c1-4-5-6-7-8-9-10-11-12-13(2,3)14/h4H,1,5-12H2,2-3H3. The Morgan fingerprint density at radius 1 is 1.00 bits per heavy atom. The second kappa shape index (κ2) is 8.01. The molecule has 2 heteroatoms. The molecule has 0 radical (unpaired) electrons. The third-order valence-corrected chi connectivity index (χ3v) is 2.35. The van der Waals surface area contributed by atoms with Crippen LogP contribution in [0.1, 0.15) is 44.9 Å². The normalized spacial score (nSPS) is 11.6. The van der Waals surface area contributed by atoms with Crippen LogP contribution in [0.15, 0.2) is 12.7 Å². The molecule has 0 bridgehead atoms. The largest absolute Gasteiger partial charge is 0.633 e. The van der Waals surface area contributed by atoms with Crippen LogP contribution in [0.2, 0.25) is 0 Å². The van der Waals surface area contributed by atoms with Crippen molar-refractivity contribution in [3.63, 3.8) is 0 Å². The van der Waals surface area contributed by atoms with E-state index in [0.717, 1.165) is 19.4 Å². The lowest BCUT2D eigenvalue weighted by atomic mass is 10.1. The first-order valence-corrected chi connectivity index (χ1v) is 5.71. The van der Waals surface area contributed by atoms with Gasteiger partial charge in [-0.15, -0.1) is 6.58 Å². The molecule has 0 aliphatic heterocycles. The number of hydroxylamine groups is 3. The zero-order valence-electron chi connectivity index (χ0n) is 9.80. The predicted molar refractivity (Wildman–Crippen MR) is 62.9 cm³/mol. The van der Waals surface area contributed by atoms with Crippen LogP contribution in [0.25, 0.3) is 0 Å². The maximum atomic E-state index is 11.2. The van der Waals surface area contributed by atoms with E-state index in [-0.39, 0.29) is 4.65 Å². The summed E-state index contributed by atoms with van der Waals surface area (Å²) in [7, 11) is 3.42. The minimum absolute atomic E-state index is 0.142. The smallest absolute Gasteiger partial charge is 0.0779 e. The molecule has 0 aliphatic rings. The quantitative estimate of drug-likeness (QED) is 0.241. The van der Waals surface area contributed by atoms with E-state index < -0.39 is 0 Å². The van der Waals surface area contributed by atoms with Gasteiger partial charge in [0.15, 0.2) is 0 Å². The number of rotatable bonds is 9. The van der Waals surface area contributed by atoms with Gasteiger partial charge in [-0.3, -0.25) is 0 Å². The van der Waals surface area contributed by atoms with Crippen molar-refractivity contribution in [2.24, 2.45) is 0 Å². The van der Waals surface area contributed by atoms with E-state index in [1.165, 1.54) is 32.1 Å². The van der Waals surface area contributed by atoms with Crippen molar-refractivity contribution in [3.05, 3.63) is 17.9 Å². The molecule has 0 saturated heterocycles. The van der Waals surface area contributed by atoms with Crippen molar-refractivity contribution in [3.8, 4) is 0 Å². The Hall–Kier alpha value is -0.340. The van der Waals surface area contributed by atoms with Crippen molar-refractivity contribution in [2.45, 2.75) is 44.9 Å². The average molecular weight is 199 g/mol. The van der Waals surface area contributed by atoms with Gasteiger partial charge in [-0.05, 0) is 25.7 Å². The lowest BCUT2D eigenvalue weighted by molar-refractivity contribution is -0.840. The van der Waals surface area contributed by atoms with Gasteiger partial charge in [0, 0.05) is 0 Å². The highest BCUT2D eigenvalue weighted by Gasteiger charge is 2.00. The highest BCUT2D eigenvalue weighted by molar-refractivity contribution is 4.65. The number of quaternary nitrogens is 1. The number of unbranched alkanes of at least 4 members (excludes halogenated alkanes) is 6. The maximum Gasteiger partial charge on any atom is 0.0779 e. The maximum absolute atomic E-state index is 11.2. The van der Waals surface area contributed by atoms with Crippen LogP contribution in [0.3, 0.4) is 0 Å². The van der Waals surface area contributed by atoms with E-state index in [1.54, 1.807) is 14.1 Å². The third-order valence-electron chi connectivity index (χ3n) is 2.35. The molecule has 0 aromatic carbocycles. The molecule has 0 aliphatic carbocycles. The number of hydrogen-bond donors (Lipinski definition) is 0. The monoisotopic (exact) mass is 199 g/mol. The van der Waals surface area contributed by atoms with Gasteiger partial charge in [-0.1, -0.05) is 25.3 Å². The lowest BCUT2D eigenvalue weighted by Gasteiger charge is -2.33. The number of nitrogens with zero attached hydrogens (tertiary/aromatic N) is 1. The van der Waals surface area contributed by atoms with Gasteiger partial charge in [0.25, 0.3) is 0 Å². The van der Waals surface area contributed by atoms with E-state index in [4.69, 9.17) is 0 Å². The molecule has 0 aromatic rings. The molecular formula is C12H25NO. The summed E-state index contributed by atoms with van der Waals surface area (Å²) in [4.78, 5) is 0. The van der Waals surface area contributed by atoms with E-state index >= 15 is 0 Å². The topological polar surface area (TPSA) is 23.1 Å². The molecule has 0 saturated carbocycles. The fourth-order valence-electron chi connectivity index (χ4n) is 1.49. The summed E-state index contributed by atoms with van der Waals surface area (Å²) in [6.07, 6.45) is 10.6. The Labute approximate surface area is 88.8 Å². The van der Waals surface area contributed by atoms with E-state index in [0.29, 0.717) is 0 Å². The fraction of sp³-hybridized carbons (Fsp3) is 0.833. The minimum Gasteiger partial charge on any atom is -0.633 e. The Morgan fingerprint density at radius 3 is 2.00 bits per heavy atom. The number of hydrogen-bond acceptors (Lipinski definition) is 1. The first-order chi connectivity index (χ1) is 6.56. The van der Waals surface area contributed by atoms with Gasteiger partial charge in [0.2, 0.25) is 0 Å². The number of allylic oxidation sites excluding steroid dienone is 1. The Morgan fingerprint density at radius 2 is 1.50 bits per heavy atom. The lowest BCUT2D eigenvalue weighted by Crippen LogP contribution is -2.32. The van der Waals surface area contributed by atoms with Crippen LogP contribution < -0.4 is 0 Å². The van der Waals surface area contributed by atoms with E-state index in [9.17, 15) is 5.21 Å². The Bertz CT molecular complexity index is 138. The average Bonchev–Trinajstić information content (AvgIpc) is 2.08. The molecule has 0 amide bonds. The second-order valence-corrected chi connectivity index (χ2v) is 4.50. The molecule has 84 valence electrons. The van der Waals surface area contributed by atoms with Crippen LogP contribution in [-0.2, 0) is 0 Å². The van der Waals surface area contributed by atoms with Gasteiger partial charge in [-0.25, -0.2) is 0 Å². The van der Waals surface area contributed by atoms with Crippen molar-refractivity contribution in [2.75, 3.05) is 20.6 Å². The predicted octanol–water partition coefficient (Wildman–Crippen LogP) is 3.48. The van der Waals surface area contributed by atoms with Crippen LogP contribution >= 0.6 is 0 Å². The first-order valence-electron chi connectivity index (χ1n) is 5.71. The van der Waals surface area contributed by atoms with Gasteiger partial charge < -0.3 is 9.85 Å². The van der Waals surface area contributed by atoms with Crippen molar-refractivity contribution >= 4 is 0 Å². The van der Waals surface area contributed by atoms with Crippen LogP contribution in [0.4, 0.5) is 0 Å². The Kier molecular flexibility index (Phi) is 7.81. The molecule has 0 N–H and O–H groups in total. The molecule has 0 atom stereocenters. The molecule has 0 unspecified atom stereocenters. The van der Waals surface area contributed by atoms with Crippen LogP contribution in [0, 0.1) is 5.21 Å². The summed E-state index contributed by atoms with van der Waals surface area (Å²) in [5.74, 6) is 0. The Balaban J connectivity index is 3.03. The van der Waals surface area contributed by atoms with Gasteiger partial charge >= 0.3 is 0 Å². The third kappa shape index (κ3) is 11.7. The second-order valence-electron chi connectivity index (χ2n) is 4.50. The molecule has 0 rings (SSSR count). The summed E-state index contributed by atoms with van der Waals surface area (Å²) in [6, 6.07) is 0. The molecule has 0 heterocycles. The van der Waals surface area contributed by atoms with Gasteiger partial charge in [0.05, 0.1) is 20.6 Å². The van der Waals surface area contributed by atoms with Crippen molar-refractivity contribution < 1.29 is 4.65 Å². The van der Waals surface area contributed by atoms with Crippen molar-refractivity contribution in [1.29, 1.82) is 0 Å². The zero-order chi connectivity index (χ0) is 10.9. The molecular weight excluding hydrogens is 174 g/mol. The first kappa shape index (κ1) is 13.7. The van der Waals surface area contributed by atoms with E-state index in [2.05, 4.69) is 6.58 Å². The molecule has 2 nitrogen and oxygen atoms in total. The summed E-state index contributed by atoms with van der Waals surface area (Å²) in [5.41, 5.74) is 0. The molecule has 0 fully saturated rings. The van der Waals surface area contributed by atoms with Crippen LogP contribution in [-0.4, -0.2) is 25.3 Å². The fourth-order valence-corrected chi connectivity index (χ4v) is 1.49. The summed E-state index contributed by atoms with van der Waals surface area (Å²) < 4.78 is -0.142. The highest BCUT2D eigenvalue weighted by Crippen LogP contribution is 2.08. The zero-order valence-corrected chi connectivity index (χ0v) is 9.80. The highest BCUT2D eigenvalue weighted by atomic mass is 16.5. The molecule has 0 spiro atoms. The SMILES string of the molecule is C=CCCCCCCCC[N+](C)(C)[O-]. The summed E-state index contributed by atoms with van der Waals surface area (Å²) >= 11 is 0. The summed E-state index contributed by atoms with van der Waals surface area (Å²) in [5, 5.41) is 11.2. The van der Waals surface area contributed by atoms with Crippen LogP contribution in [0.5, 0.6) is 0 Å². The molecule has 14 heavy (non-hydrogen) atoms. The van der Waals surface area contributed by atoms with Gasteiger partial charge in [-0.2, -0.15) is 0 Å². The van der Waals surface area contributed by atoms with Crippen molar-refractivity contribution in [1.82, 2.24) is 0 Å².